The van der Waals surface area contributed by atoms with Gasteiger partial charge in [0.15, 0.2) is 0 Å². The van der Waals surface area contributed by atoms with E-state index < -0.39 is 5.97 Å². The standard InChI is InChI=1S/C10H16N2O3/c13-9(7-1-3-11-5-7)12-4-2-8(6-12)10(14)15/h7-8,11H,1-6H2,(H,14,15)/t7-,8-/m0/s1. The molecule has 84 valence electrons. The van der Waals surface area contributed by atoms with Crippen LogP contribution < -0.4 is 5.32 Å². The highest BCUT2D eigenvalue weighted by Gasteiger charge is 2.34. The van der Waals surface area contributed by atoms with Gasteiger partial charge in [-0.15, -0.1) is 0 Å². The Morgan fingerprint density at radius 2 is 2.07 bits per heavy atom. The summed E-state index contributed by atoms with van der Waals surface area (Å²) in [4.78, 5) is 24.4. The molecule has 0 aliphatic carbocycles. The van der Waals surface area contributed by atoms with Crippen LogP contribution in [-0.4, -0.2) is 48.1 Å². The molecule has 1 amide bonds. The predicted molar refractivity (Wildman–Crippen MR) is 53.3 cm³/mol. The highest BCUT2D eigenvalue weighted by molar-refractivity contribution is 5.81. The van der Waals surface area contributed by atoms with Crippen LogP contribution in [-0.2, 0) is 9.59 Å². The minimum atomic E-state index is -0.783. The van der Waals surface area contributed by atoms with Crippen molar-refractivity contribution in [3.63, 3.8) is 0 Å². The minimum Gasteiger partial charge on any atom is -0.481 e. The van der Waals surface area contributed by atoms with Crippen LogP contribution in [0.15, 0.2) is 0 Å². The van der Waals surface area contributed by atoms with E-state index in [4.69, 9.17) is 5.11 Å². The van der Waals surface area contributed by atoms with Crippen molar-refractivity contribution in [2.24, 2.45) is 11.8 Å². The van der Waals surface area contributed by atoms with Gasteiger partial charge in [0, 0.05) is 19.6 Å². The molecule has 0 saturated carbocycles. The monoisotopic (exact) mass is 212 g/mol. The van der Waals surface area contributed by atoms with Crippen molar-refractivity contribution in [3.8, 4) is 0 Å². The zero-order valence-corrected chi connectivity index (χ0v) is 8.61. The number of hydrogen-bond acceptors (Lipinski definition) is 3. The molecule has 2 N–H and O–H groups in total. The van der Waals surface area contributed by atoms with Crippen LogP contribution >= 0.6 is 0 Å². The fraction of sp³-hybridized carbons (Fsp3) is 0.800. The normalized spacial score (nSPS) is 30.8. The maximum atomic E-state index is 11.9. The molecule has 0 bridgehead atoms. The van der Waals surface area contributed by atoms with Crippen molar-refractivity contribution >= 4 is 11.9 Å². The summed E-state index contributed by atoms with van der Waals surface area (Å²) in [5, 5.41) is 12.0. The van der Waals surface area contributed by atoms with E-state index in [1.807, 2.05) is 0 Å². The number of carbonyl (C=O) groups excluding carboxylic acids is 1. The number of rotatable bonds is 2. The van der Waals surface area contributed by atoms with Gasteiger partial charge in [-0.3, -0.25) is 9.59 Å². The maximum Gasteiger partial charge on any atom is 0.308 e. The topological polar surface area (TPSA) is 69.6 Å². The lowest BCUT2D eigenvalue weighted by molar-refractivity contribution is -0.141. The molecule has 5 nitrogen and oxygen atoms in total. The molecule has 0 radical (unpaired) electrons. The summed E-state index contributed by atoms with van der Waals surface area (Å²) in [6, 6.07) is 0. The first-order valence-electron chi connectivity index (χ1n) is 5.41. The molecule has 15 heavy (non-hydrogen) atoms. The van der Waals surface area contributed by atoms with Crippen LogP contribution in [0.4, 0.5) is 0 Å². The lowest BCUT2D eigenvalue weighted by atomic mass is 10.1. The number of amides is 1. The summed E-state index contributed by atoms with van der Waals surface area (Å²) < 4.78 is 0. The Kier molecular flexibility index (Phi) is 2.90. The van der Waals surface area contributed by atoms with Gasteiger partial charge in [-0.2, -0.15) is 0 Å². The van der Waals surface area contributed by atoms with Crippen molar-refractivity contribution in [1.29, 1.82) is 0 Å². The van der Waals surface area contributed by atoms with E-state index in [2.05, 4.69) is 5.32 Å². The number of carboxylic acid groups (broad SMARTS) is 1. The molecule has 5 heteroatoms. The SMILES string of the molecule is O=C(O)[C@H]1CCN(C(=O)[C@H]2CCNC2)C1. The molecule has 2 rings (SSSR count). The van der Waals surface area contributed by atoms with Gasteiger partial charge in [-0.25, -0.2) is 0 Å². The van der Waals surface area contributed by atoms with E-state index in [0.717, 1.165) is 19.5 Å². The van der Waals surface area contributed by atoms with Gasteiger partial charge in [0.1, 0.15) is 0 Å². The molecular formula is C10H16N2O3. The number of carbonyl (C=O) groups is 2. The van der Waals surface area contributed by atoms with Gasteiger partial charge < -0.3 is 15.3 Å². The quantitative estimate of drug-likeness (QED) is 0.649. The summed E-state index contributed by atoms with van der Waals surface area (Å²) >= 11 is 0. The first-order valence-corrected chi connectivity index (χ1v) is 5.41. The Bertz CT molecular complexity index is 274. The van der Waals surface area contributed by atoms with Crippen LogP contribution in [0.25, 0.3) is 0 Å². The molecule has 2 atom stereocenters. The number of nitrogens with zero attached hydrogens (tertiary/aromatic N) is 1. The van der Waals surface area contributed by atoms with Gasteiger partial charge in [-0.05, 0) is 19.4 Å². The van der Waals surface area contributed by atoms with Crippen molar-refractivity contribution in [3.05, 3.63) is 0 Å². The molecule has 0 aromatic heterocycles. The van der Waals surface area contributed by atoms with Gasteiger partial charge >= 0.3 is 5.97 Å². The summed E-state index contributed by atoms with van der Waals surface area (Å²) in [6.07, 6.45) is 1.48. The summed E-state index contributed by atoms with van der Waals surface area (Å²) in [6.45, 7) is 2.64. The van der Waals surface area contributed by atoms with Crippen LogP contribution in [0.1, 0.15) is 12.8 Å². The largest absolute Gasteiger partial charge is 0.481 e. The number of carboxylic acids is 1. The molecule has 2 aliphatic heterocycles. The highest BCUT2D eigenvalue weighted by atomic mass is 16.4. The second-order valence-electron chi connectivity index (χ2n) is 4.30. The van der Waals surface area contributed by atoms with E-state index in [9.17, 15) is 9.59 Å². The average molecular weight is 212 g/mol. The third kappa shape index (κ3) is 2.12. The lowest BCUT2D eigenvalue weighted by Crippen LogP contribution is -2.36. The fourth-order valence-electron chi connectivity index (χ4n) is 2.29. The van der Waals surface area contributed by atoms with Crippen molar-refractivity contribution < 1.29 is 14.7 Å². The van der Waals surface area contributed by atoms with Crippen molar-refractivity contribution in [1.82, 2.24) is 10.2 Å². The van der Waals surface area contributed by atoms with Crippen LogP contribution in [0.3, 0.4) is 0 Å². The Hall–Kier alpha value is -1.10. The van der Waals surface area contributed by atoms with Crippen molar-refractivity contribution in [2.45, 2.75) is 12.8 Å². The molecule has 2 fully saturated rings. The number of nitrogens with one attached hydrogen (secondary N) is 1. The van der Waals surface area contributed by atoms with Crippen LogP contribution in [0.2, 0.25) is 0 Å². The molecular weight excluding hydrogens is 196 g/mol. The molecule has 2 saturated heterocycles. The Morgan fingerprint density at radius 1 is 1.27 bits per heavy atom. The van der Waals surface area contributed by atoms with E-state index in [1.54, 1.807) is 4.90 Å². The highest BCUT2D eigenvalue weighted by Crippen LogP contribution is 2.20. The summed E-state index contributed by atoms with van der Waals surface area (Å²) in [7, 11) is 0. The van der Waals surface area contributed by atoms with Gasteiger partial charge in [0.2, 0.25) is 5.91 Å². The maximum absolute atomic E-state index is 11.9. The fourth-order valence-corrected chi connectivity index (χ4v) is 2.29. The van der Waals surface area contributed by atoms with Crippen LogP contribution in [0.5, 0.6) is 0 Å². The Labute approximate surface area is 88.4 Å². The molecule has 0 aromatic rings. The number of hydrogen-bond donors (Lipinski definition) is 2. The number of likely N-dealkylation sites (tertiary alicyclic amines) is 1. The zero-order chi connectivity index (χ0) is 10.8. The van der Waals surface area contributed by atoms with E-state index >= 15 is 0 Å². The summed E-state index contributed by atoms with van der Waals surface area (Å²) in [5.74, 6) is -0.945. The molecule has 0 unspecified atom stereocenters. The zero-order valence-electron chi connectivity index (χ0n) is 8.61. The van der Waals surface area contributed by atoms with E-state index in [0.29, 0.717) is 19.5 Å². The molecule has 0 aromatic carbocycles. The third-order valence-corrected chi connectivity index (χ3v) is 3.26. The van der Waals surface area contributed by atoms with E-state index in [1.165, 1.54) is 0 Å². The number of aliphatic carboxylic acids is 1. The second kappa shape index (κ2) is 4.18. The van der Waals surface area contributed by atoms with Crippen molar-refractivity contribution in [2.75, 3.05) is 26.2 Å². The first kappa shape index (κ1) is 10.4. The lowest BCUT2D eigenvalue weighted by Gasteiger charge is -2.19. The van der Waals surface area contributed by atoms with Gasteiger partial charge in [-0.1, -0.05) is 0 Å². The Balaban J connectivity index is 1.89. The second-order valence-corrected chi connectivity index (χ2v) is 4.30. The molecule has 0 spiro atoms. The van der Waals surface area contributed by atoms with Gasteiger partial charge in [0.05, 0.1) is 11.8 Å². The average Bonchev–Trinajstić information content (AvgIpc) is 2.88. The van der Waals surface area contributed by atoms with Crippen LogP contribution in [0, 0.1) is 11.8 Å². The minimum absolute atomic E-state index is 0.0672. The smallest absolute Gasteiger partial charge is 0.308 e. The molecule has 2 heterocycles. The van der Waals surface area contributed by atoms with Gasteiger partial charge in [0.25, 0.3) is 0 Å². The predicted octanol–water partition coefficient (Wildman–Crippen LogP) is -0.471. The molecule has 2 aliphatic rings. The first-order chi connectivity index (χ1) is 7.18. The van der Waals surface area contributed by atoms with E-state index in [-0.39, 0.29) is 17.7 Å². The Morgan fingerprint density at radius 3 is 2.60 bits per heavy atom. The summed E-state index contributed by atoms with van der Waals surface area (Å²) in [5.41, 5.74) is 0. The third-order valence-electron chi connectivity index (χ3n) is 3.26.